The zero-order valence-corrected chi connectivity index (χ0v) is 13.2. The molecule has 1 aromatic heterocycles. The third kappa shape index (κ3) is 3.65. The molecule has 3 rings (SSSR count). The van der Waals surface area contributed by atoms with Crippen molar-refractivity contribution >= 4 is 0 Å². The molecular weight excluding hydrogens is 278 g/mol. The molecule has 1 atom stereocenters. The number of hydrogen-bond acceptors (Lipinski definition) is 5. The Kier molecular flexibility index (Phi) is 4.73. The number of rotatable bonds is 6. The highest BCUT2D eigenvalue weighted by atomic mass is 16.5. The van der Waals surface area contributed by atoms with Crippen LogP contribution >= 0.6 is 0 Å². The Bertz CT molecular complexity index is 583. The lowest BCUT2D eigenvalue weighted by atomic mass is 10.2. The number of para-hydroxylation sites is 1. The maximum atomic E-state index is 5.89. The molecule has 0 amide bonds. The lowest BCUT2D eigenvalue weighted by Crippen LogP contribution is -2.33. The van der Waals surface area contributed by atoms with Crippen molar-refractivity contribution in [2.45, 2.75) is 45.2 Å². The van der Waals surface area contributed by atoms with Crippen molar-refractivity contribution < 1.29 is 9.15 Å². The minimum atomic E-state index is 0.275. The number of ether oxygens (including phenoxy) is 1. The molecule has 1 saturated heterocycles. The van der Waals surface area contributed by atoms with Gasteiger partial charge in [-0.2, -0.15) is 0 Å². The van der Waals surface area contributed by atoms with Crippen LogP contribution in [0, 0.1) is 0 Å². The molecule has 1 aromatic carbocycles. The van der Waals surface area contributed by atoms with Crippen LogP contribution in [0.4, 0.5) is 0 Å². The van der Waals surface area contributed by atoms with Gasteiger partial charge < -0.3 is 9.15 Å². The van der Waals surface area contributed by atoms with Gasteiger partial charge in [0.25, 0.3) is 0 Å². The molecule has 0 unspecified atom stereocenters. The molecule has 0 spiro atoms. The highest BCUT2D eigenvalue weighted by Gasteiger charge is 2.27. The molecule has 5 heteroatoms. The van der Waals surface area contributed by atoms with E-state index in [-0.39, 0.29) is 5.92 Å². The van der Waals surface area contributed by atoms with Crippen LogP contribution in [-0.4, -0.2) is 34.3 Å². The van der Waals surface area contributed by atoms with Gasteiger partial charge in [-0.1, -0.05) is 32.0 Å². The molecule has 118 valence electrons. The first kappa shape index (κ1) is 15.0. The number of nitrogens with zero attached hydrogens (tertiary/aromatic N) is 3. The Morgan fingerprint density at radius 1 is 1.27 bits per heavy atom. The topological polar surface area (TPSA) is 51.4 Å². The number of aromatic nitrogens is 2. The van der Waals surface area contributed by atoms with Crippen molar-refractivity contribution in [1.82, 2.24) is 15.1 Å². The van der Waals surface area contributed by atoms with Crippen LogP contribution in [0.25, 0.3) is 0 Å². The summed E-state index contributed by atoms with van der Waals surface area (Å²) in [5.74, 6) is 2.62. The average Bonchev–Trinajstić information content (AvgIpc) is 3.16. The van der Waals surface area contributed by atoms with E-state index in [2.05, 4.69) is 28.9 Å². The van der Waals surface area contributed by atoms with Gasteiger partial charge in [-0.05, 0) is 31.5 Å². The summed E-state index contributed by atoms with van der Waals surface area (Å²) >= 11 is 0. The molecule has 0 bridgehead atoms. The Balaban J connectivity index is 1.56. The van der Waals surface area contributed by atoms with Crippen LogP contribution in [0.2, 0.25) is 0 Å². The Hall–Kier alpha value is -1.88. The van der Waals surface area contributed by atoms with E-state index >= 15 is 0 Å². The van der Waals surface area contributed by atoms with Crippen molar-refractivity contribution in [3.05, 3.63) is 42.1 Å². The maximum Gasteiger partial charge on any atom is 0.230 e. The van der Waals surface area contributed by atoms with Crippen LogP contribution in [0.15, 0.2) is 34.7 Å². The first-order valence-electron chi connectivity index (χ1n) is 7.96. The van der Waals surface area contributed by atoms with Crippen LogP contribution < -0.4 is 4.74 Å². The van der Waals surface area contributed by atoms with E-state index in [0.717, 1.165) is 18.7 Å². The van der Waals surface area contributed by atoms with E-state index in [1.807, 2.05) is 30.3 Å². The SMILES string of the molecule is CC(C)c1nnc(CN2CCC[C@H]2COc2ccccc2)o1. The highest BCUT2D eigenvalue weighted by Crippen LogP contribution is 2.22. The average molecular weight is 301 g/mol. The van der Waals surface area contributed by atoms with Gasteiger partial charge in [-0.25, -0.2) is 0 Å². The van der Waals surface area contributed by atoms with Gasteiger partial charge in [0.1, 0.15) is 12.4 Å². The molecular formula is C17H23N3O2. The molecule has 0 radical (unpaired) electrons. The van der Waals surface area contributed by atoms with E-state index in [1.165, 1.54) is 6.42 Å². The third-order valence-corrected chi connectivity index (χ3v) is 4.00. The second-order valence-corrected chi connectivity index (χ2v) is 6.08. The zero-order valence-electron chi connectivity index (χ0n) is 13.2. The van der Waals surface area contributed by atoms with Crippen LogP contribution in [-0.2, 0) is 6.54 Å². The summed E-state index contributed by atoms with van der Waals surface area (Å²) in [6, 6.07) is 10.4. The first-order chi connectivity index (χ1) is 10.7. The smallest absolute Gasteiger partial charge is 0.230 e. The summed E-state index contributed by atoms with van der Waals surface area (Å²) < 4.78 is 11.6. The highest BCUT2D eigenvalue weighted by molar-refractivity contribution is 5.21. The summed E-state index contributed by atoms with van der Waals surface area (Å²) in [6.07, 6.45) is 2.34. The molecule has 1 fully saturated rings. The van der Waals surface area contributed by atoms with Crippen LogP contribution in [0.1, 0.15) is 44.4 Å². The summed E-state index contributed by atoms with van der Waals surface area (Å²) in [5, 5.41) is 8.26. The summed E-state index contributed by atoms with van der Waals surface area (Å²) in [4.78, 5) is 2.38. The van der Waals surface area contributed by atoms with E-state index in [1.54, 1.807) is 0 Å². The van der Waals surface area contributed by atoms with E-state index in [4.69, 9.17) is 9.15 Å². The second kappa shape index (κ2) is 6.92. The fraction of sp³-hybridized carbons (Fsp3) is 0.529. The minimum absolute atomic E-state index is 0.275. The van der Waals surface area contributed by atoms with Crippen molar-refractivity contribution in [3.8, 4) is 5.75 Å². The quantitative estimate of drug-likeness (QED) is 0.820. The third-order valence-electron chi connectivity index (χ3n) is 4.00. The predicted molar refractivity (Wildman–Crippen MR) is 83.8 cm³/mol. The normalized spacial score (nSPS) is 19.0. The summed E-state index contributed by atoms with van der Waals surface area (Å²) in [7, 11) is 0. The monoisotopic (exact) mass is 301 g/mol. The Labute approximate surface area is 131 Å². The van der Waals surface area contributed by atoms with Gasteiger partial charge in [0.15, 0.2) is 0 Å². The van der Waals surface area contributed by atoms with Crippen molar-refractivity contribution in [1.29, 1.82) is 0 Å². The fourth-order valence-corrected chi connectivity index (χ4v) is 2.74. The largest absolute Gasteiger partial charge is 0.492 e. The van der Waals surface area contributed by atoms with Crippen LogP contribution in [0.3, 0.4) is 0 Å². The number of likely N-dealkylation sites (tertiary alicyclic amines) is 1. The molecule has 0 N–H and O–H groups in total. The Morgan fingerprint density at radius 2 is 2.09 bits per heavy atom. The fourth-order valence-electron chi connectivity index (χ4n) is 2.74. The van der Waals surface area contributed by atoms with Gasteiger partial charge >= 0.3 is 0 Å². The standard InChI is InChI=1S/C17H23N3O2/c1-13(2)17-19-18-16(22-17)11-20-10-6-7-14(20)12-21-15-8-4-3-5-9-15/h3-5,8-9,13-14H,6-7,10-12H2,1-2H3/t14-/m0/s1. The first-order valence-corrected chi connectivity index (χ1v) is 7.96. The molecule has 5 nitrogen and oxygen atoms in total. The Morgan fingerprint density at radius 3 is 2.82 bits per heavy atom. The molecule has 0 aliphatic carbocycles. The van der Waals surface area contributed by atoms with Gasteiger partial charge in [-0.3, -0.25) is 4.90 Å². The van der Waals surface area contributed by atoms with Crippen molar-refractivity contribution in [3.63, 3.8) is 0 Å². The lowest BCUT2D eigenvalue weighted by molar-refractivity contribution is 0.155. The second-order valence-electron chi connectivity index (χ2n) is 6.08. The van der Waals surface area contributed by atoms with Gasteiger partial charge in [0, 0.05) is 12.0 Å². The van der Waals surface area contributed by atoms with Crippen molar-refractivity contribution in [2.75, 3.05) is 13.2 Å². The van der Waals surface area contributed by atoms with Gasteiger partial charge in [-0.15, -0.1) is 10.2 Å². The number of hydrogen-bond donors (Lipinski definition) is 0. The predicted octanol–water partition coefficient (Wildman–Crippen LogP) is 3.24. The summed E-state index contributed by atoms with van der Waals surface area (Å²) in [6.45, 7) is 6.59. The van der Waals surface area contributed by atoms with Gasteiger partial charge in [0.2, 0.25) is 11.8 Å². The number of benzene rings is 1. The maximum absolute atomic E-state index is 5.89. The van der Waals surface area contributed by atoms with E-state index in [9.17, 15) is 0 Å². The molecule has 2 aromatic rings. The lowest BCUT2D eigenvalue weighted by Gasteiger charge is -2.22. The molecule has 1 aliphatic heterocycles. The van der Waals surface area contributed by atoms with Crippen LogP contribution in [0.5, 0.6) is 5.75 Å². The molecule has 2 heterocycles. The molecule has 1 aliphatic rings. The summed E-state index contributed by atoms with van der Waals surface area (Å²) in [5.41, 5.74) is 0. The van der Waals surface area contributed by atoms with Gasteiger partial charge in [0.05, 0.1) is 6.54 Å². The zero-order chi connectivity index (χ0) is 15.4. The minimum Gasteiger partial charge on any atom is -0.492 e. The molecule has 0 saturated carbocycles. The molecule has 22 heavy (non-hydrogen) atoms. The van der Waals surface area contributed by atoms with E-state index in [0.29, 0.717) is 31.0 Å². The van der Waals surface area contributed by atoms with E-state index < -0.39 is 0 Å². The van der Waals surface area contributed by atoms with Crippen molar-refractivity contribution in [2.24, 2.45) is 0 Å².